The van der Waals surface area contributed by atoms with Gasteiger partial charge in [-0.2, -0.15) is 5.26 Å². The molecule has 0 fully saturated rings. The number of nitrogens with zero attached hydrogens (tertiary/aromatic N) is 3. The van der Waals surface area contributed by atoms with Crippen LogP contribution >= 0.6 is 34.4 Å². The van der Waals surface area contributed by atoms with Gasteiger partial charge >= 0.3 is 0 Å². The Morgan fingerprint density at radius 3 is 2.86 bits per heavy atom. The van der Waals surface area contributed by atoms with Gasteiger partial charge in [-0.05, 0) is 54.6 Å². The Kier molecular flexibility index (Phi) is 5.74. The zero-order valence-electron chi connectivity index (χ0n) is 12.1. The molecule has 0 aliphatic rings. The van der Waals surface area contributed by atoms with Gasteiger partial charge in [0.1, 0.15) is 22.5 Å². The Morgan fingerprint density at radius 1 is 1.41 bits per heavy atom. The van der Waals surface area contributed by atoms with Gasteiger partial charge in [0.05, 0.1) is 11.4 Å². The van der Waals surface area contributed by atoms with Crippen LogP contribution in [0.5, 0.6) is 0 Å². The third-order valence-electron chi connectivity index (χ3n) is 2.73. The fourth-order valence-electron chi connectivity index (χ4n) is 1.81. The molecule has 0 saturated carbocycles. The van der Waals surface area contributed by atoms with Gasteiger partial charge in [-0.25, -0.2) is 9.97 Å². The van der Waals surface area contributed by atoms with Crippen LogP contribution in [0.1, 0.15) is 17.1 Å². The number of aromatic nitrogens is 2. The van der Waals surface area contributed by atoms with Gasteiger partial charge < -0.3 is 5.32 Å². The number of halogens is 1. The second kappa shape index (κ2) is 7.56. The van der Waals surface area contributed by atoms with Crippen molar-refractivity contribution in [3.63, 3.8) is 0 Å². The lowest BCUT2D eigenvalue weighted by molar-refractivity contribution is -0.113. The normalized spacial score (nSPS) is 10.1. The molecule has 0 spiro atoms. The number of hydrogen-bond acceptors (Lipinski definition) is 5. The van der Waals surface area contributed by atoms with Crippen LogP contribution in [-0.2, 0) is 4.79 Å². The Hall–Kier alpha value is -1.66. The molecule has 0 bridgehead atoms. The van der Waals surface area contributed by atoms with Gasteiger partial charge in [-0.3, -0.25) is 4.79 Å². The number of aryl methyl sites for hydroxylation is 2. The van der Waals surface area contributed by atoms with E-state index < -0.39 is 0 Å². The molecule has 2 aromatic rings. The minimum atomic E-state index is -0.134. The van der Waals surface area contributed by atoms with Crippen molar-refractivity contribution in [1.29, 1.82) is 5.26 Å². The van der Waals surface area contributed by atoms with Gasteiger partial charge in [0.25, 0.3) is 0 Å². The summed E-state index contributed by atoms with van der Waals surface area (Å²) in [5, 5.41) is 12.6. The van der Waals surface area contributed by atoms with E-state index in [1.807, 2.05) is 24.3 Å². The van der Waals surface area contributed by atoms with Crippen LogP contribution in [0.4, 0.5) is 5.69 Å². The van der Waals surface area contributed by atoms with Crippen LogP contribution in [0.2, 0.25) is 0 Å². The number of carbonyl (C=O) groups excluding carboxylic acids is 1. The maximum atomic E-state index is 12.0. The second-order valence-corrected chi connectivity index (χ2v) is 6.71. The van der Waals surface area contributed by atoms with Crippen LogP contribution in [-0.4, -0.2) is 21.6 Å². The molecule has 0 aliphatic carbocycles. The first-order valence-electron chi connectivity index (χ1n) is 6.43. The Balaban J connectivity index is 2.04. The predicted octanol–water partition coefficient (Wildman–Crippen LogP) is 3.30. The van der Waals surface area contributed by atoms with E-state index in [9.17, 15) is 10.1 Å². The zero-order valence-corrected chi connectivity index (χ0v) is 15.0. The molecule has 7 heteroatoms. The first kappa shape index (κ1) is 16.7. The predicted molar refractivity (Wildman–Crippen MR) is 94.7 cm³/mol. The summed E-state index contributed by atoms with van der Waals surface area (Å²) in [6, 6.07) is 9.66. The van der Waals surface area contributed by atoms with Crippen molar-refractivity contribution < 1.29 is 4.79 Å². The molecule has 1 N–H and O–H groups in total. The molecule has 1 amide bonds. The minimum Gasteiger partial charge on any atom is -0.325 e. The molecule has 2 rings (SSSR count). The first-order chi connectivity index (χ1) is 10.5. The molecular weight excluding hydrogens is 411 g/mol. The van der Waals surface area contributed by atoms with Gasteiger partial charge in [-0.15, -0.1) is 0 Å². The Bertz CT molecular complexity index is 758. The van der Waals surface area contributed by atoms with E-state index in [2.05, 4.69) is 43.9 Å². The zero-order chi connectivity index (χ0) is 16.1. The summed E-state index contributed by atoms with van der Waals surface area (Å²) in [6.07, 6.45) is 0. The summed E-state index contributed by atoms with van der Waals surface area (Å²) in [5.74, 6) is 0.651. The highest BCUT2D eigenvalue weighted by atomic mass is 127. The Morgan fingerprint density at radius 2 is 2.18 bits per heavy atom. The van der Waals surface area contributed by atoms with Crippen LogP contribution in [0.25, 0.3) is 0 Å². The van der Waals surface area contributed by atoms with Gasteiger partial charge in [-0.1, -0.05) is 17.8 Å². The highest BCUT2D eigenvalue weighted by Gasteiger charge is 2.12. The molecule has 1 heterocycles. The summed E-state index contributed by atoms with van der Waals surface area (Å²) in [5.41, 5.74) is 1.82. The van der Waals surface area contributed by atoms with E-state index in [4.69, 9.17) is 0 Å². The molecule has 1 aromatic carbocycles. The van der Waals surface area contributed by atoms with Crippen molar-refractivity contribution in [2.24, 2.45) is 0 Å². The van der Waals surface area contributed by atoms with Gasteiger partial charge in [0.15, 0.2) is 0 Å². The standard InChI is InChI=1S/C15H13IN4OS/c1-9-13(7-17)15(19-10(2)18-9)22-8-14(21)20-12-5-3-4-11(16)6-12/h3-6H,8H2,1-2H3,(H,20,21). The summed E-state index contributed by atoms with van der Waals surface area (Å²) >= 11 is 3.43. The lowest BCUT2D eigenvalue weighted by Crippen LogP contribution is -2.14. The van der Waals surface area contributed by atoms with Crippen molar-refractivity contribution in [3.05, 3.63) is 44.9 Å². The number of carbonyl (C=O) groups is 1. The van der Waals surface area contributed by atoms with E-state index in [0.717, 1.165) is 9.26 Å². The molecule has 1 aromatic heterocycles. The third kappa shape index (κ3) is 4.42. The number of nitriles is 1. The highest BCUT2D eigenvalue weighted by molar-refractivity contribution is 14.1. The maximum Gasteiger partial charge on any atom is 0.234 e. The van der Waals surface area contributed by atoms with Gasteiger partial charge in [0.2, 0.25) is 5.91 Å². The van der Waals surface area contributed by atoms with Crippen molar-refractivity contribution in [2.75, 3.05) is 11.1 Å². The number of amides is 1. The average molecular weight is 424 g/mol. The van der Waals surface area contributed by atoms with E-state index in [-0.39, 0.29) is 11.7 Å². The monoisotopic (exact) mass is 424 g/mol. The highest BCUT2D eigenvalue weighted by Crippen LogP contribution is 2.22. The molecule has 0 saturated heterocycles. The first-order valence-corrected chi connectivity index (χ1v) is 8.49. The lowest BCUT2D eigenvalue weighted by Gasteiger charge is -2.07. The van der Waals surface area contributed by atoms with Crippen molar-refractivity contribution in [3.8, 4) is 6.07 Å². The SMILES string of the molecule is Cc1nc(C)c(C#N)c(SCC(=O)Nc2cccc(I)c2)n1. The smallest absolute Gasteiger partial charge is 0.234 e. The van der Waals surface area contributed by atoms with Crippen molar-refractivity contribution >= 4 is 45.9 Å². The third-order valence-corrected chi connectivity index (χ3v) is 4.38. The van der Waals surface area contributed by atoms with Crippen LogP contribution in [0.3, 0.4) is 0 Å². The summed E-state index contributed by atoms with van der Waals surface area (Å²) in [7, 11) is 0. The number of benzene rings is 1. The Labute approximate surface area is 146 Å². The lowest BCUT2D eigenvalue weighted by atomic mass is 10.3. The van der Waals surface area contributed by atoms with E-state index in [0.29, 0.717) is 22.1 Å². The fourth-order valence-corrected chi connectivity index (χ4v) is 3.23. The fraction of sp³-hybridized carbons (Fsp3) is 0.200. The average Bonchev–Trinajstić information content (AvgIpc) is 2.44. The maximum absolute atomic E-state index is 12.0. The van der Waals surface area contributed by atoms with E-state index >= 15 is 0 Å². The summed E-state index contributed by atoms with van der Waals surface area (Å²) in [6.45, 7) is 3.54. The van der Waals surface area contributed by atoms with Crippen molar-refractivity contribution in [1.82, 2.24) is 9.97 Å². The molecule has 0 aliphatic heterocycles. The number of anilines is 1. The van der Waals surface area contributed by atoms with Gasteiger partial charge in [0, 0.05) is 9.26 Å². The number of rotatable bonds is 4. The molecule has 0 atom stereocenters. The van der Waals surface area contributed by atoms with E-state index in [1.165, 1.54) is 11.8 Å². The number of thioether (sulfide) groups is 1. The largest absolute Gasteiger partial charge is 0.325 e. The molecule has 22 heavy (non-hydrogen) atoms. The van der Waals surface area contributed by atoms with Crippen LogP contribution in [0, 0.1) is 28.7 Å². The number of hydrogen-bond donors (Lipinski definition) is 1. The molecular formula is C15H13IN4OS. The summed E-state index contributed by atoms with van der Waals surface area (Å²) < 4.78 is 1.05. The molecule has 112 valence electrons. The number of nitrogens with one attached hydrogen (secondary N) is 1. The van der Waals surface area contributed by atoms with E-state index in [1.54, 1.807) is 13.8 Å². The quantitative estimate of drug-likeness (QED) is 0.463. The van der Waals surface area contributed by atoms with Crippen LogP contribution < -0.4 is 5.32 Å². The molecule has 5 nitrogen and oxygen atoms in total. The van der Waals surface area contributed by atoms with Crippen molar-refractivity contribution in [2.45, 2.75) is 18.9 Å². The molecule has 0 radical (unpaired) electrons. The topological polar surface area (TPSA) is 78.7 Å². The minimum absolute atomic E-state index is 0.134. The molecule has 0 unspecified atom stereocenters. The summed E-state index contributed by atoms with van der Waals surface area (Å²) in [4.78, 5) is 20.4. The van der Waals surface area contributed by atoms with Crippen LogP contribution in [0.15, 0.2) is 29.3 Å². The second-order valence-electron chi connectivity index (χ2n) is 4.50.